The highest BCUT2D eigenvalue weighted by atomic mass is 16.5. The summed E-state index contributed by atoms with van der Waals surface area (Å²) < 4.78 is 11.3. The largest absolute Gasteiger partial charge is 0.396 e. The van der Waals surface area contributed by atoms with Crippen LogP contribution < -0.4 is 10.6 Å². The lowest BCUT2D eigenvalue weighted by atomic mass is 9.51. The lowest BCUT2D eigenvalue weighted by Crippen LogP contribution is -2.61. The van der Waals surface area contributed by atoms with Gasteiger partial charge in [0.25, 0.3) is 0 Å². The van der Waals surface area contributed by atoms with Crippen molar-refractivity contribution >= 4 is 6.29 Å². The van der Waals surface area contributed by atoms with Crippen molar-refractivity contribution in [3.8, 4) is 0 Å². The summed E-state index contributed by atoms with van der Waals surface area (Å²) in [6, 6.07) is 8.65. The van der Waals surface area contributed by atoms with Gasteiger partial charge in [0.2, 0.25) is 0 Å². The van der Waals surface area contributed by atoms with E-state index in [2.05, 4.69) is 54.5 Å². The zero-order valence-corrected chi connectivity index (χ0v) is 35.3. The third-order valence-electron chi connectivity index (χ3n) is 13.3. The van der Waals surface area contributed by atoms with Gasteiger partial charge in [-0.3, -0.25) is 10.1 Å². The molecule has 318 valence electrons. The molecule has 1 heterocycles. The second-order valence-electron chi connectivity index (χ2n) is 17.1. The van der Waals surface area contributed by atoms with Crippen LogP contribution in [-0.2, 0) is 27.1 Å². The Balaban J connectivity index is 1.68. The molecule has 57 heavy (non-hydrogen) atoms. The van der Waals surface area contributed by atoms with Gasteiger partial charge in [-0.25, -0.2) is 0 Å². The first-order valence-corrected chi connectivity index (χ1v) is 21.1. The van der Waals surface area contributed by atoms with Crippen LogP contribution in [0.2, 0.25) is 0 Å². The summed E-state index contributed by atoms with van der Waals surface area (Å²) in [4.78, 5) is 12.2. The quantitative estimate of drug-likeness (QED) is 0.0343. The molecule has 0 aromatic heterocycles. The Morgan fingerprint density at radius 2 is 1.89 bits per heavy atom. The van der Waals surface area contributed by atoms with E-state index in [1.807, 2.05) is 39.1 Å². The zero-order valence-electron chi connectivity index (χ0n) is 35.3. The highest BCUT2D eigenvalue weighted by molar-refractivity contribution is 5.74. The van der Waals surface area contributed by atoms with Crippen molar-refractivity contribution in [2.45, 2.75) is 115 Å². The normalized spacial score (nSPS) is 33.1. The number of aliphatic hydroxyl groups is 5. The van der Waals surface area contributed by atoms with Crippen molar-refractivity contribution < 1.29 is 39.8 Å². The third kappa shape index (κ3) is 11.5. The summed E-state index contributed by atoms with van der Waals surface area (Å²) in [6.45, 7) is 11.8. The molecule has 1 aliphatic heterocycles. The van der Waals surface area contributed by atoms with E-state index in [-0.39, 0.29) is 49.7 Å². The van der Waals surface area contributed by atoms with E-state index < -0.39 is 23.3 Å². The topological polar surface area (TPSA) is 161 Å². The van der Waals surface area contributed by atoms with E-state index in [1.165, 1.54) is 11.1 Å². The third-order valence-corrected chi connectivity index (χ3v) is 13.3. The first-order valence-electron chi connectivity index (χ1n) is 21.1. The van der Waals surface area contributed by atoms with Gasteiger partial charge in [0, 0.05) is 37.2 Å². The molecule has 2 fully saturated rings. The van der Waals surface area contributed by atoms with E-state index in [4.69, 9.17) is 9.47 Å². The fraction of sp³-hybridized carbons (Fsp3) is 0.638. The number of methoxy groups -OCH3 is 1. The SMILES string of the molecule is C=C(/C=C/C=C(/COCCO)[C@@H]1CC[C@]2([C@@H]1O)[C@@H](CCCO)/C(=C(/C)C=O)CC[C@]2(O)CCNC)[C@H]1C/C=C(\C)[C@@H](O)N[C@@](C)(CCOC)Cc2cccc(c2)C1. The summed E-state index contributed by atoms with van der Waals surface area (Å²) in [6.07, 6.45) is 13.8. The Hall–Kier alpha value is -2.77. The molecule has 0 unspecified atom stereocenters. The number of carbonyl (C=O) groups is 1. The molecule has 0 saturated heterocycles. The van der Waals surface area contributed by atoms with Crippen LogP contribution in [0.15, 0.2) is 83.0 Å². The molecule has 0 radical (unpaired) electrons. The molecule has 0 amide bonds. The van der Waals surface area contributed by atoms with Crippen LogP contribution >= 0.6 is 0 Å². The van der Waals surface area contributed by atoms with E-state index in [9.17, 15) is 30.3 Å². The predicted octanol–water partition coefficient (Wildman–Crippen LogP) is 5.28. The Morgan fingerprint density at radius 3 is 2.60 bits per heavy atom. The maximum Gasteiger partial charge on any atom is 0.145 e. The van der Waals surface area contributed by atoms with Gasteiger partial charge < -0.3 is 40.3 Å². The number of aliphatic hydroxyl groups excluding tert-OH is 4. The minimum atomic E-state index is -1.19. The second kappa shape index (κ2) is 22.0. The average molecular weight is 793 g/mol. The molecule has 1 aromatic carbocycles. The fourth-order valence-corrected chi connectivity index (χ4v) is 10.0. The number of nitrogens with one attached hydrogen (secondary N) is 2. The molecule has 1 spiro atoms. The van der Waals surface area contributed by atoms with Gasteiger partial charge in [0.05, 0.1) is 31.5 Å². The number of hydrogen-bond acceptors (Lipinski definition) is 10. The van der Waals surface area contributed by atoms with Crippen molar-refractivity contribution in [3.05, 3.63) is 94.1 Å². The van der Waals surface area contributed by atoms with Crippen LogP contribution in [0.4, 0.5) is 0 Å². The van der Waals surface area contributed by atoms with Gasteiger partial charge in [-0.2, -0.15) is 0 Å². The minimum Gasteiger partial charge on any atom is -0.396 e. The molecule has 3 aliphatic rings. The van der Waals surface area contributed by atoms with Crippen LogP contribution in [0.1, 0.15) is 89.7 Å². The van der Waals surface area contributed by atoms with E-state index in [0.717, 1.165) is 47.8 Å². The molecule has 4 rings (SSSR count). The van der Waals surface area contributed by atoms with Crippen molar-refractivity contribution in [2.24, 2.45) is 23.2 Å². The monoisotopic (exact) mass is 793 g/mol. The Bertz CT molecular complexity index is 1600. The van der Waals surface area contributed by atoms with E-state index in [1.54, 1.807) is 7.11 Å². The number of aldehydes is 1. The van der Waals surface area contributed by atoms with E-state index in [0.29, 0.717) is 70.1 Å². The first kappa shape index (κ1) is 46.9. The molecule has 10 heteroatoms. The molecule has 2 bridgehead atoms. The summed E-state index contributed by atoms with van der Waals surface area (Å²) >= 11 is 0. The molecular formula is C47H72N2O8. The predicted molar refractivity (Wildman–Crippen MR) is 226 cm³/mol. The van der Waals surface area contributed by atoms with Gasteiger partial charge >= 0.3 is 0 Å². The van der Waals surface area contributed by atoms with Crippen molar-refractivity contribution in [3.63, 3.8) is 0 Å². The van der Waals surface area contributed by atoms with Crippen LogP contribution in [0.5, 0.6) is 0 Å². The van der Waals surface area contributed by atoms with Crippen molar-refractivity contribution in [1.29, 1.82) is 0 Å². The summed E-state index contributed by atoms with van der Waals surface area (Å²) in [5.41, 5.74) is 4.19. The number of fused-ring (bicyclic) bond motifs is 2. The highest BCUT2D eigenvalue weighted by Crippen LogP contribution is 2.64. The zero-order chi connectivity index (χ0) is 41.6. The molecule has 7 N–H and O–H groups in total. The summed E-state index contributed by atoms with van der Waals surface area (Å²) in [7, 11) is 3.55. The maximum absolute atomic E-state index is 12.6. The van der Waals surface area contributed by atoms with Gasteiger partial charge in [0.1, 0.15) is 12.5 Å². The number of allylic oxidation sites excluding steroid dienone is 7. The van der Waals surface area contributed by atoms with Crippen molar-refractivity contribution in [1.82, 2.24) is 10.6 Å². The molecular weight excluding hydrogens is 721 g/mol. The van der Waals surface area contributed by atoms with Gasteiger partial charge in [-0.15, -0.1) is 0 Å². The molecule has 2 aliphatic carbocycles. The number of hydrogen-bond donors (Lipinski definition) is 7. The highest BCUT2D eigenvalue weighted by Gasteiger charge is 2.65. The average Bonchev–Trinajstić information content (AvgIpc) is 3.54. The van der Waals surface area contributed by atoms with Crippen LogP contribution in [0, 0.1) is 23.2 Å². The smallest absolute Gasteiger partial charge is 0.145 e. The number of ether oxygens (including phenoxy) is 2. The Kier molecular flexibility index (Phi) is 18.1. The Labute approximate surface area is 341 Å². The lowest BCUT2D eigenvalue weighted by Gasteiger charge is -2.57. The summed E-state index contributed by atoms with van der Waals surface area (Å²) in [5.74, 6) is -0.554. The van der Waals surface area contributed by atoms with Gasteiger partial charge in [-0.1, -0.05) is 66.3 Å². The molecule has 1 aromatic rings. The first-order chi connectivity index (χ1) is 27.3. The lowest BCUT2D eigenvalue weighted by molar-refractivity contribution is -0.180. The van der Waals surface area contributed by atoms with Gasteiger partial charge in [0.15, 0.2) is 0 Å². The van der Waals surface area contributed by atoms with Crippen molar-refractivity contribution in [2.75, 3.05) is 53.7 Å². The van der Waals surface area contributed by atoms with Gasteiger partial charge in [-0.05, 0) is 145 Å². The molecule has 8 atom stereocenters. The van der Waals surface area contributed by atoms with Crippen LogP contribution in [0.25, 0.3) is 0 Å². The van der Waals surface area contributed by atoms with Crippen LogP contribution in [-0.4, -0.2) is 109 Å². The second-order valence-corrected chi connectivity index (χ2v) is 17.1. The number of benzene rings is 1. The Morgan fingerprint density at radius 1 is 1.12 bits per heavy atom. The standard InChI is InChI=1S/C47H72N2O8/c1-33(38-16-15-34(2)44(54)49-45(4,22-26-56-6)30-37-12-8-11-36(28-37)29-38)10-7-13-39(32-57-27-25-51)41-18-20-47(43(41)53)42(14-9-24-50)40(35(3)31-52)17-19-46(47,55)21-23-48-5/h7-8,10-13,15,28,31,38,41-44,48-51,53-55H,1,9,14,16-27,29-30,32H2,2-6H3/b10-7+,34-15+,39-13-,40-35-/t38-,41-,42-,43+,44+,45-,46-,47+/m0/s1. The maximum atomic E-state index is 12.6. The minimum absolute atomic E-state index is 0.0170. The molecule has 2 saturated carbocycles. The molecule has 10 nitrogen and oxygen atoms in total. The van der Waals surface area contributed by atoms with Crippen LogP contribution in [0.3, 0.4) is 0 Å². The van der Waals surface area contributed by atoms with E-state index >= 15 is 0 Å². The fourth-order valence-electron chi connectivity index (χ4n) is 10.0. The number of rotatable bonds is 18. The number of carbonyl (C=O) groups excluding carboxylic acids is 1. The summed E-state index contributed by atoms with van der Waals surface area (Å²) in [5, 5.41) is 62.7.